The van der Waals surface area contributed by atoms with Crippen LogP contribution in [0.5, 0.6) is 0 Å². The van der Waals surface area contributed by atoms with E-state index in [1.54, 1.807) is 19.1 Å². The van der Waals surface area contributed by atoms with E-state index >= 15 is 0 Å². The Balaban J connectivity index is 1.89. The molecule has 0 heterocycles. The molecule has 0 saturated heterocycles. The number of rotatable bonds is 9. The highest BCUT2D eigenvalue weighted by Crippen LogP contribution is 2.23. The summed E-state index contributed by atoms with van der Waals surface area (Å²) in [6, 6.07) is 12.5. The monoisotopic (exact) mass is 499 g/mol. The van der Waals surface area contributed by atoms with Gasteiger partial charge in [0.25, 0.3) is 0 Å². The summed E-state index contributed by atoms with van der Waals surface area (Å²) in [4.78, 5) is 28.2. The molecule has 2 amide bonds. The molecule has 1 fully saturated rings. The smallest absolute Gasteiger partial charge is 0.244 e. The Morgan fingerprint density at radius 2 is 1.71 bits per heavy atom. The molecule has 1 N–H and O–H groups in total. The second kappa shape index (κ2) is 11.2. The van der Waals surface area contributed by atoms with Crippen LogP contribution in [-0.2, 0) is 26.2 Å². The Kier molecular flexibility index (Phi) is 8.59. The van der Waals surface area contributed by atoms with E-state index in [2.05, 4.69) is 5.32 Å². The van der Waals surface area contributed by atoms with E-state index < -0.39 is 22.0 Å². The third kappa shape index (κ3) is 7.07. The van der Waals surface area contributed by atoms with Gasteiger partial charge >= 0.3 is 0 Å². The minimum atomic E-state index is -3.74. The lowest BCUT2D eigenvalue weighted by molar-refractivity contribution is -0.139. The number of hydrogen-bond donors (Lipinski definition) is 1. The highest BCUT2D eigenvalue weighted by molar-refractivity contribution is 7.92. The van der Waals surface area contributed by atoms with E-state index in [0.29, 0.717) is 5.69 Å². The first kappa shape index (κ1) is 26.7. The van der Waals surface area contributed by atoms with Crippen molar-refractivity contribution in [1.29, 1.82) is 0 Å². The second-order valence-corrected chi connectivity index (χ2v) is 11.6. The van der Waals surface area contributed by atoms with Gasteiger partial charge < -0.3 is 10.2 Å². The van der Waals surface area contributed by atoms with Crippen molar-refractivity contribution in [3.8, 4) is 0 Å². The minimum absolute atomic E-state index is 0.129. The zero-order valence-electron chi connectivity index (χ0n) is 21.4. The molecule has 7 nitrogen and oxygen atoms in total. The van der Waals surface area contributed by atoms with Gasteiger partial charge in [0.2, 0.25) is 21.8 Å². The molecule has 1 aliphatic rings. The number of anilines is 1. The van der Waals surface area contributed by atoms with Crippen LogP contribution in [0.25, 0.3) is 0 Å². The van der Waals surface area contributed by atoms with Crippen molar-refractivity contribution in [1.82, 2.24) is 10.2 Å². The summed E-state index contributed by atoms with van der Waals surface area (Å²) in [5, 5.41) is 3.08. The Bertz CT molecular complexity index is 1170. The van der Waals surface area contributed by atoms with Crippen molar-refractivity contribution < 1.29 is 18.0 Å². The summed E-state index contributed by atoms with van der Waals surface area (Å²) in [6.07, 6.45) is 5.16. The Labute approximate surface area is 209 Å². The van der Waals surface area contributed by atoms with Crippen LogP contribution in [0, 0.1) is 20.8 Å². The fourth-order valence-electron chi connectivity index (χ4n) is 4.48. The van der Waals surface area contributed by atoms with Crippen LogP contribution in [0.1, 0.15) is 54.9 Å². The third-order valence-electron chi connectivity index (χ3n) is 6.76. The summed E-state index contributed by atoms with van der Waals surface area (Å²) >= 11 is 0. The SMILES string of the molecule is Cc1cccc(CN(C(=O)CN(c2ccc(C)c(C)c2)S(C)(=O)=O)[C@@H](C)C(=O)NC2CCCC2)c1. The molecular formula is C27H37N3O4S. The Morgan fingerprint density at radius 1 is 1.03 bits per heavy atom. The molecule has 0 aliphatic heterocycles. The number of sulfonamides is 1. The number of benzene rings is 2. The number of hydrogen-bond acceptors (Lipinski definition) is 4. The van der Waals surface area contributed by atoms with Crippen LogP contribution in [-0.4, -0.2) is 50.0 Å². The average Bonchev–Trinajstić information content (AvgIpc) is 3.29. The van der Waals surface area contributed by atoms with E-state index in [-0.39, 0.29) is 25.0 Å². The van der Waals surface area contributed by atoms with E-state index in [9.17, 15) is 18.0 Å². The molecule has 35 heavy (non-hydrogen) atoms. The van der Waals surface area contributed by atoms with Crippen molar-refractivity contribution in [2.75, 3.05) is 17.1 Å². The fraction of sp³-hybridized carbons (Fsp3) is 0.481. The van der Waals surface area contributed by atoms with Crippen molar-refractivity contribution >= 4 is 27.5 Å². The maximum absolute atomic E-state index is 13.6. The Morgan fingerprint density at radius 3 is 2.31 bits per heavy atom. The van der Waals surface area contributed by atoms with E-state index in [1.165, 1.54) is 4.90 Å². The molecule has 190 valence electrons. The van der Waals surface area contributed by atoms with Crippen LogP contribution in [0.2, 0.25) is 0 Å². The van der Waals surface area contributed by atoms with Gasteiger partial charge in [0, 0.05) is 12.6 Å². The molecule has 0 spiro atoms. The first-order valence-corrected chi connectivity index (χ1v) is 14.0. The van der Waals surface area contributed by atoms with Crippen LogP contribution >= 0.6 is 0 Å². The van der Waals surface area contributed by atoms with Crippen molar-refractivity contribution in [3.05, 3.63) is 64.7 Å². The quantitative estimate of drug-likeness (QED) is 0.568. The highest BCUT2D eigenvalue weighted by Gasteiger charge is 2.31. The van der Waals surface area contributed by atoms with Gasteiger partial charge in [-0.1, -0.05) is 48.7 Å². The summed E-state index contributed by atoms with van der Waals surface area (Å²) in [7, 11) is -3.74. The topological polar surface area (TPSA) is 86.8 Å². The number of nitrogens with one attached hydrogen (secondary N) is 1. The van der Waals surface area contributed by atoms with E-state index in [4.69, 9.17) is 0 Å². The number of nitrogens with zero attached hydrogens (tertiary/aromatic N) is 2. The largest absolute Gasteiger partial charge is 0.352 e. The van der Waals surface area contributed by atoms with Crippen LogP contribution in [0.3, 0.4) is 0 Å². The number of carbonyl (C=O) groups excluding carboxylic acids is 2. The van der Waals surface area contributed by atoms with Gasteiger partial charge in [-0.25, -0.2) is 8.42 Å². The fourth-order valence-corrected chi connectivity index (χ4v) is 5.32. The van der Waals surface area contributed by atoms with Gasteiger partial charge in [0.1, 0.15) is 12.6 Å². The van der Waals surface area contributed by atoms with Crippen molar-refractivity contribution in [2.24, 2.45) is 0 Å². The molecule has 0 radical (unpaired) electrons. The van der Waals surface area contributed by atoms with Gasteiger partial charge in [0.05, 0.1) is 11.9 Å². The molecule has 0 unspecified atom stereocenters. The van der Waals surface area contributed by atoms with Crippen molar-refractivity contribution in [3.63, 3.8) is 0 Å². The maximum atomic E-state index is 13.6. The van der Waals surface area contributed by atoms with E-state index in [1.807, 2.05) is 51.1 Å². The Hall–Kier alpha value is -2.87. The standard InChI is InChI=1S/C27H37N3O4S/c1-19-9-8-10-23(15-19)17-29(22(4)27(32)28-24-11-6-7-12-24)26(31)18-30(35(5,33)34)25-14-13-20(2)21(3)16-25/h8-10,13-16,22,24H,6-7,11-12,17-18H2,1-5H3,(H,28,32)/t22-/m0/s1. The lowest BCUT2D eigenvalue weighted by Crippen LogP contribution is -2.52. The number of aryl methyl sites for hydroxylation is 3. The normalized spacial score (nSPS) is 15.0. The summed E-state index contributed by atoms with van der Waals surface area (Å²) in [5.74, 6) is -0.640. The van der Waals surface area contributed by atoms with Crippen LogP contribution < -0.4 is 9.62 Å². The lowest BCUT2D eigenvalue weighted by atomic mass is 10.1. The van der Waals surface area contributed by atoms with Crippen LogP contribution in [0.4, 0.5) is 5.69 Å². The van der Waals surface area contributed by atoms with Gasteiger partial charge in [-0.15, -0.1) is 0 Å². The molecule has 1 aliphatic carbocycles. The first-order chi connectivity index (χ1) is 16.5. The predicted molar refractivity (Wildman–Crippen MR) is 140 cm³/mol. The van der Waals surface area contributed by atoms with Gasteiger partial charge in [-0.05, 0) is 69.4 Å². The van der Waals surface area contributed by atoms with Crippen molar-refractivity contribution in [2.45, 2.75) is 72.0 Å². The summed E-state index contributed by atoms with van der Waals surface area (Å²) in [6.45, 7) is 7.36. The molecule has 0 aromatic heterocycles. The lowest BCUT2D eigenvalue weighted by Gasteiger charge is -2.32. The molecule has 3 rings (SSSR count). The molecule has 2 aromatic carbocycles. The molecule has 2 aromatic rings. The highest BCUT2D eigenvalue weighted by atomic mass is 32.2. The molecule has 1 atom stereocenters. The second-order valence-electron chi connectivity index (χ2n) is 9.71. The van der Waals surface area contributed by atoms with E-state index in [0.717, 1.165) is 58.5 Å². The molecular weight excluding hydrogens is 462 g/mol. The number of amides is 2. The maximum Gasteiger partial charge on any atom is 0.244 e. The molecule has 1 saturated carbocycles. The summed E-state index contributed by atoms with van der Waals surface area (Å²) < 4.78 is 26.5. The minimum Gasteiger partial charge on any atom is -0.352 e. The molecule has 0 bridgehead atoms. The zero-order chi connectivity index (χ0) is 25.8. The first-order valence-electron chi connectivity index (χ1n) is 12.2. The third-order valence-corrected chi connectivity index (χ3v) is 7.90. The molecule has 8 heteroatoms. The van der Waals surface area contributed by atoms with Gasteiger partial charge in [0.15, 0.2) is 0 Å². The van der Waals surface area contributed by atoms with Crippen LogP contribution in [0.15, 0.2) is 42.5 Å². The van der Waals surface area contributed by atoms with Gasteiger partial charge in [-0.2, -0.15) is 0 Å². The number of carbonyl (C=O) groups is 2. The predicted octanol–water partition coefficient (Wildman–Crippen LogP) is 3.85. The zero-order valence-corrected chi connectivity index (χ0v) is 22.2. The average molecular weight is 500 g/mol. The summed E-state index contributed by atoms with van der Waals surface area (Å²) in [5.41, 5.74) is 4.33. The van der Waals surface area contributed by atoms with Gasteiger partial charge in [-0.3, -0.25) is 13.9 Å².